The molecule has 12 heteroatoms. The van der Waals surface area contributed by atoms with Gasteiger partial charge in [-0.15, -0.1) is 0 Å². The Morgan fingerprint density at radius 2 is 1.59 bits per heavy atom. The van der Waals surface area contributed by atoms with Crippen LogP contribution in [0.5, 0.6) is 11.5 Å². The van der Waals surface area contributed by atoms with Crippen LogP contribution >= 0.6 is 23.2 Å². The third-order valence-electron chi connectivity index (χ3n) is 7.86. The summed E-state index contributed by atoms with van der Waals surface area (Å²) >= 11 is 13.1. The minimum Gasteiger partial charge on any atom is -0.486 e. The first-order chi connectivity index (χ1) is 21.1. The molecule has 1 atom stereocenters. The third kappa shape index (κ3) is 7.78. The van der Waals surface area contributed by atoms with Gasteiger partial charge in [-0.2, -0.15) is 0 Å². The number of hydrogen-bond donors (Lipinski definition) is 1. The molecule has 1 saturated carbocycles. The molecule has 2 aliphatic rings. The van der Waals surface area contributed by atoms with Crippen LogP contribution in [0.25, 0.3) is 0 Å². The van der Waals surface area contributed by atoms with E-state index in [2.05, 4.69) is 5.32 Å². The van der Waals surface area contributed by atoms with Gasteiger partial charge in [0.15, 0.2) is 11.5 Å². The molecule has 0 aromatic heterocycles. The fourth-order valence-corrected chi connectivity index (χ4v) is 6.93. The number of benzene rings is 3. The van der Waals surface area contributed by atoms with E-state index in [1.807, 2.05) is 30.3 Å². The van der Waals surface area contributed by atoms with Gasteiger partial charge in [0.25, 0.3) is 0 Å². The Morgan fingerprint density at radius 3 is 2.25 bits per heavy atom. The molecule has 1 fully saturated rings. The van der Waals surface area contributed by atoms with E-state index in [1.165, 1.54) is 11.0 Å². The lowest BCUT2D eigenvalue weighted by atomic mass is 10.0. The van der Waals surface area contributed by atoms with Crippen molar-refractivity contribution >= 4 is 50.7 Å². The molecule has 1 heterocycles. The highest BCUT2D eigenvalue weighted by Crippen LogP contribution is 2.35. The van der Waals surface area contributed by atoms with Crippen LogP contribution in [0.4, 0.5) is 5.69 Å². The Labute approximate surface area is 268 Å². The van der Waals surface area contributed by atoms with Gasteiger partial charge in [-0.1, -0.05) is 72.4 Å². The predicted molar refractivity (Wildman–Crippen MR) is 171 cm³/mol. The molecular formula is C32H35Cl2N3O6S. The fourth-order valence-electron chi connectivity index (χ4n) is 5.58. The first-order valence-electron chi connectivity index (χ1n) is 14.5. The number of fused-ring (bicyclic) bond motifs is 1. The van der Waals surface area contributed by atoms with E-state index in [9.17, 15) is 18.0 Å². The van der Waals surface area contributed by atoms with Gasteiger partial charge in [-0.25, -0.2) is 8.42 Å². The highest BCUT2D eigenvalue weighted by molar-refractivity contribution is 7.92. The number of nitrogens with zero attached hydrogens (tertiary/aromatic N) is 2. The molecule has 3 aromatic rings. The number of amides is 2. The summed E-state index contributed by atoms with van der Waals surface area (Å²) in [5.41, 5.74) is 1.53. The second kappa shape index (κ2) is 14.1. The monoisotopic (exact) mass is 659 g/mol. The maximum Gasteiger partial charge on any atom is 0.244 e. The van der Waals surface area contributed by atoms with E-state index >= 15 is 0 Å². The van der Waals surface area contributed by atoms with Gasteiger partial charge in [0.2, 0.25) is 21.8 Å². The number of halogens is 2. The van der Waals surface area contributed by atoms with Crippen LogP contribution in [0.2, 0.25) is 10.0 Å². The zero-order valence-electron chi connectivity index (χ0n) is 24.4. The minimum atomic E-state index is -3.95. The third-order valence-corrected chi connectivity index (χ3v) is 9.70. The van der Waals surface area contributed by atoms with E-state index in [0.717, 1.165) is 41.8 Å². The van der Waals surface area contributed by atoms with E-state index in [1.54, 1.807) is 30.3 Å². The molecule has 234 valence electrons. The molecule has 3 aromatic carbocycles. The summed E-state index contributed by atoms with van der Waals surface area (Å²) in [6.07, 6.45) is 4.99. The summed E-state index contributed by atoms with van der Waals surface area (Å²) in [6, 6.07) is 18.1. The van der Waals surface area contributed by atoms with Gasteiger partial charge in [-0.3, -0.25) is 13.9 Å². The molecule has 9 nitrogen and oxygen atoms in total. The highest BCUT2D eigenvalue weighted by atomic mass is 35.5. The fraction of sp³-hybridized carbons (Fsp3) is 0.375. The van der Waals surface area contributed by atoms with E-state index in [-0.39, 0.29) is 30.6 Å². The number of anilines is 1. The topological polar surface area (TPSA) is 105 Å². The molecule has 0 saturated heterocycles. The molecule has 1 aliphatic heterocycles. The Hall–Kier alpha value is -3.47. The molecule has 0 radical (unpaired) electrons. The van der Waals surface area contributed by atoms with Crippen LogP contribution in [0, 0.1) is 0 Å². The SMILES string of the molecule is CS(=O)(=O)N(CC(=O)N(Cc1c(Cl)cccc1Cl)[C@H](Cc1ccccc1)C(=O)NC1CCCC1)c1ccc2c(c1)OCCO2. The van der Waals surface area contributed by atoms with E-state index < -0.39 is 28.5 Å². The van der Waals surface area contributed by atoms with Crippen molar-refractivity contribution in [3.05, 3.63) is 87.9 Å². The number of ether oxygens (including phenoxy) is 2. The lowest BCUT2D eigenvalue weighted by Gasteiger charge is -2.34. The van der Waals surface area contributed by atoms with Crippen LogP contribution in [-0.4, -0.2) is 63.2 Å². The van der Waals surface area contributed by atoms with Crippen LogP contribution < -0.4 is 19.1 Å². The predicted octanol–water partition coefficient (Wildman–Crippen LogP) is 5.23. The summed E-state index contributed by atoms with van der Waals surface area (Å²) in [5.74, 6) is -0.0416. The lowest BCUT2D eigenvalue weighted by molar-refractivity contribution is -0.140. The summed E-state index contributed by atoms with van der Waals surface area (Å²) in [4.78, 5) is 29.7. The number of sulfonamides is 1. The smallest absolute Gasteiger partial charge is 0.244 e. The van der Waals surface area contributed by atoms with Crippen LogP contribution in [0.15, 0.2) is 66.7 Å². The maximum absolute atomic E-state index is 14.4. The zero-order valence-corrected chi connectivity index (χ0v) is 26.7. The van der Waals surface area contributed by atoms with Crippen molar-refractivity contribution in [1.29, 1.82) is 0 Å². The lowest BCUT2D eigenvalue weighted by Crippen LogP contribution is -2.54. The molecular weight excluding hydrogens is 625 g/mol. The van der Waals surface area contributed by atoms with Crippen molar-refractivity contribution in [2.45, 2.75) is 50.7 Å². The van der Waals surface area contributed by atoms with Crippen molar-refractivity contribution in [1.82, 2.24) is 10.2 Å². The minimum absolute atomic E-state index is 0.00635. The van der Waals surface area contributed by atoms with Gasteiger partial charge < -0.3 is 19.7 Å². The number of carbonyl (C=O) groups is 2. The molecule has 0 spiro atoms. The second-order valence-corrected chi connectivity index (χ2v) is 13.7. The zero-order chi connectivity index (χ0) is 31.3. The quantitative estimate of drug-likeness (QED) is 0.302. The first kappa shape index (κ1) is 31.9. The molecule has 1 aliphatic carbocycles. The average molecular weight is 661 g/mol. The Morgan fingerprint density at radius 1 is 0.932 bits per heavy atom. The van der Waals surface area contributed by atoms with Crippen LogP contribution in [0.3, 0.4) is 0 Å². The van der Waals surface area contributed by atoms with Crippen molar-refractivity contribution in [3.63, 3.8) is 0 Å². The number of hydrogen-bond acceptors (Lipinski definition) is 6. The van der Waals surface area contributed by atoms with Crippen LogP contribution in [-0.2, 0) is 32.6 Å². The standard InChI is InChI=1S/C32H35Cl2N3O6S/c1-44(40,41)37(24-14-15-29-30(19-24)43-17-16-42-29)21-31(38)36(20-25-26(33)12-7-13-27(25)34)28(18-22-8-3-2-4-9-22)32(39)35-23-10-5-6-11-23/h2-4,7-9,12-15,19,23,28H,5-6,10-11,16-18,20-21H2,1H3,(H,35,39)/t28-/m1/s1. The van der Waals surface area contributed by atoms with Crippen LogP contribution in [0.1, 0.15) is 36.8 Å². The Kier molecular flexibility index (Phi) is 10.2. The second-order valence-electron chi connectivity index (χ2n) is 11.0. The molecule has 2 amide bonds. The number of nitrogens with one attached hydrogen (secondary N) is 1. The summed E-state index contributed by atoms with van der Waals surface area (Å²) in [6.45, 7) is 0.0258. The van der Waals surface area contributed by atoms with Crippen molar-refractivity contribution in [2.24, 2.45) is 0 Å². The number of carbonyl (C=O) groups excluding carboxylic acids is 2. The van der Waals surface area contributed by atoms with Gasteiger partial charge in [-0.05, 0) is 42.7 Å². The Balaban J connectivity index is 1.53. The van der Waals surface area contributed by atoms with Crippen molar-refractivity contribution in [3.8, 4) is 11.5 Å². The summed E-state index contributed by atoms with van der Waals surface area (Å²) < 4.78 is 38.5. The van der Waals surface area contributed by atoms with E-state index in [4.69, 9.17) is 32.7 Å². The largest absolute Gasteiger partial charge is 0.486 e. The molecule has 0 bridgehead atoms. The van der Waals surface area contributed by atoms with Gasteiger partial charge >= 0.3 is 0 Å². The molecule has 1 N–H and O–H groups in total. The first-order valence-corrected chi connectivity index (χ1v) is 17.1. The van der Waals surface area contributed by atoms with Gasteiger partial charge in [0, 0.05) is 40.7 Å². The van der Waals surface area contributed by atoms with Crippen molar-refractivity contribution in [2.75, 3.05) is 30.3 Å². The summed E-state index contributed by atoms with van der Waals surface area (Å²) in [5, 5.41) is 3.80. The normalized spacial score (nSPS) is 15.4. The highest BCUT2D eigenvalue weighted by Gasteiger charge is 2.35. The maximum atomic E-state index is 14.4. The molecule has 0 unspecified atom stereocenters. The summed E-state index contributed by atoms with van der Waals surface area (Å²) in [7, 11) is -3.95. The molecule has 5 rings (SSSR count). The molecule has 44 heavy (non-hydrogen) atoms. The van der Waals surface area contributed by atoms with Gasteiger partial charge in [0.05, 0.1) is 11.9 Å². The van der Waals surface area contributed by atoms with Crippen molar-refractivity contribution < 1.29 is 27.5 Å². The average Bonchev–Trinajstić information content (AvgIpc) is 3.51. The van der Waals surface area contributed by atoms with E-state index in [0.29, 0.717) is 40.3 Å². The Bertz CT molecular complexity index is 1580. The van der Waals surface area contributed by atoms with Gasteiger partial charge in [0.1, 0.15) is 25.8 Å². The number of rotatable bonds is 11.